The number of rotatable bonds is 6. The summed E-state index contributed by atoms with van der Waals surface area (Å²) >= 11 is 0. The molecule has 1 aliphatic rings. The Hall–Kier alpha value is -1.85. The number of carboxylic acid groups (broad SMARTS) is 1. The summed E-state index contributed by atoms with van der Waals surface area (Å²) in [5.74, 6) is -1.60. The van der Waals surface area contributed by atoms with Crippen LogP contribution in [-0.4, -0.2) is 40.0 Å². The summed E-state index contributed by atoms with van der Waals surface area (Å²) in [6.07, 6.45) is 2.28. The van der Waals surface area contributed by atoms with Crippen LogP contribution >= 0.6 is 0 Å². The van der Waals surface area contributed by atoms with Crippen molar-refractivity contribution >= 4 is 17.9 Å². The third kappa shape index (κ3) is 2.69. The maximum atomic E-state index is 12.1. The second-order valence-corrected chi connectivity index (χ2v) is 4.67. The van der Waals surface area contributed by atoms with Crippen molar-refractivity contribution in [3.8, 4) is 0 Å². The Bertz CT molecular complexity index is 405. The summed E-state index contributed by atoms with van der Waals surface area (Å²) in [5.41, 5.74) is -1.11. The van der Waals surface area contributed by atoms with Gasteiger partial charge in [-0.2, -0.15) is 0 Å². The van der Waals surface area contributed by atoms with Crippen molar-refractivity contribution < 1.29 is 19.5 Å². The molecule has 1 heterocycles. The van der Waals surface area contributed by atoms with E-state index in [0.717, 1.165) is 17.7 Å². The normalized spacial score (nSPS) is 23.1. The molecule has 1 fully saturated rings. The monoisotopic (exact) mass is 254 g/mol. The Balaban J connectivity index is 2.78. The topological polar surface area (TPSA) is 86.7 Å². The van der Waals surface area contributed by atoms with Crippen LogP contribution in [0.1, 0.15) is 33.1 Å². The summed E-state index contributed by atoms with van der Waals surface area (Å²) in [6.45, 7) is 6.70. The van der Waals surface area contributed by atoms with E-state index in [9.17, 15) is 14.4 Å². The van der Waals surface area contributed by atoms with E-state index >= 15 is 0 Å². The third-order valence-corrected chi connectivity index (χ3v) is 3.03. The van der Waals surface area contributed by atoms with Crippen LogP contribution in [0.3, 0.4) is 0 Å². The maximum absolute atomic E-state index is 12.1. The number of urea groups is 1. The number of nitrogens with one attached hydrogen (secondary N) is 1. The Morgan fingerprint density at radius 2 is 2.11 bits per heavy atom. The van der Waals surface area contributed by atoms with Gasteiger partial charge in [-0.25, -0.2) is 9.59 Å². The lowest BCUT2D eigenvalue weighted by Gasteiger charge is -2.21. The van der Waals surface area contributed by atoms with Gasteiger partial charge in [-0.3, -0.25) is 9.69 Å². The Labute approximate surface area is 106 Å². The first-order valence-corrected chi connectivity index (χ1v) is 5.87. The zero-order valence-corrected chi connectivity index (χ0v) is 10.7. The third-order valence-electron chi connectivity index (χ3n) is 3.03. The molecule has 0 saturated carbocycles. The molecule has 0 radical (unpaired) electrons. The summed E-state index contributed by atoms with van der Waals surface area (Å²) in [7, 11) is 0. The van der Waals surface area contributed by atoms with Crippen LogP contribution in [0.2, 0.25) is 0 Å². The summed E-state index contributed by atoms with van der Waals surface area (Å²) in [5, 5.41) is 11.3. The second-order valence-electron chi connectivity index (χ2n) is 4.67. The Kier molecular flexibility index (Phi) is 4.11. The largest absolute Gasteiger partial charge is 0.478 e. The van der Waals surface area contributed by atoms with E-state index in [1.807, 2.05) is 6.92 Å². The Morgan fingerprint density at radius 1 is 1.50 bits per heavy atom. The van der Waals surface area contributed by atoms with Crippen molar-refractivity contribution in [2.24, 2.45) is 0 Å². The minimum absolute atomic E-state index is 0.182. The molecule has 0 aromatic carbocycles. The number of hydrogen-bond donors (Lipinski definition) is 2. The molecule has 1 atom stereocenters. The predicted molar refractivity (Wildman–Crippen MR) is 65.0 cm³/mol. The van der Waals surface area contributed by atoms with E-state index in [2.05, 4.69) is 11.9 Å². The lowest BCUT2D eigenvalue weighted by molar-refractivity contribution is -0.133. The number of imide groups is 1. The highest BCUT2D eigenvalue weighted by atomic mass is 16.4. The molecule has 1 unspecified atom stereocenters. The molecular formula is C12H18N2O4. The summed E-state index contributed by atoms with van der Waals surface area (Å²) in [6, 6.07) is -0.555. The highest BCUT2D eigenvalue weighted by molar-refractivity contribution is 6.07. The summed E-state index contributed by atoms with van der Waals surface area (Å²) < 4.78 is 0. The number of unbranched alkanes of at least 4 members (excludes halogenated alkanes) is 1. The predicted octanol–water partition coefficient (Wildman–Crippen LogP) is 1.13. The lowest BCUT2D eigenvalue weighted by Crippen LogP contribution is -2.44. The van der Waals surface area contributed by atoms with Crippen LogP contribution in [0.25, 0.3) is 0 Å². The van der Waals surface area contributed by atoms with Crippen LogP contribution in [0, 0.1) is 0 Å². The van der Waals surface area contributed by atoms with Gasteiger partial charge in [0.25, 0.3) is 5.91 Å². The van der Waals surface area contributed by atoms with E-state index in [-0.39, 0.29) is 18.0 Å². The van der Waals surface area contributed by atoms with Gasteiger partial charge in [-0.1, -0.05) is 26.3 Å². The van der Waals surface area contributed by atoms with Gasteiger partial charge >= 0.3 is 12.0 Å². The van der Waals surface area contributed by atoms with Gasteiger partial charge in [-0.15, -0.1) is 0 Å². The van der Waals surface area contributed by atoms with Crippen molar-refractivity contribution in [1.82, 2.24) is 10.2 Å². The highest BCUT2D eigenvalue weighted by Crippen LogP contribution is 2.23. The zero-order chi connectivity index (χ0) is 13.9. The number of hydrogen-bond acceptors (Lipinski definition) is 3. The molecule has 6 nitrogen and oxygen atoms in total. The van der Waals surface area contributed by atoms with E-state index in [0.29, 0.717) is 6.42 Å². The van der Waals surface area contributed by atoms with Gasteiger partial charge in [0, 0.05) is 5.57 Å². The fourth-order valence-electron chi connectivity index (χ4n) is 1.85. The number of nitrogens with zero attached hydrogens (tertiary/aromatic N) is 1. The molecule has 0 spiro atoms. The zero-order valence-electron chi connectivity index (χ0n) is 10.7. The van der Waals surface area contributed by atoms with Gasteiger partial charge < -0.3 is 10.4 Å². The standard InChI is InChI=1S/C12H18N2O4/c1-4-5-6-12(3)10(17)14(11(18)13-12)7-8(2)9(15)16/h2,4-7H2,1,3H3,(H,13,18)(H,15,16). The van der Waals surface area contributed by atoms with Crippen LogP contribution in [0.4, 0.5) is 4.79 Å². The first kappa shape index (κ1) is 14.2. The minimum Gasteiger partial charge on any atom is -0.478 e. The lowest BCUT2D eigenvalue weighted by atomic mass is 9.95. The molecule has 18 heavy (non-hydrogen) atoms. The first-order chi connectivity index (χ1) is 8.31. The van der Waals surface area contributed by atoms with Gasteiger partial charge in [0.15, 0.2) is 0 Å². The minimum atomic E-state index is -1.21. The fourth-order valence-corrected chi connectivity index (χ4v) is 1.85. The van der Waals surface area contributed by atoms with Gasteiger partial charge in [0.05, 0.1) is 6.54 Å². The smallest absolute Gasteiger partial charge is 0.332 e. The van der Waals surface area contributed by atoms with Crippen LogP contribution in [0.15, 0.2) is 12.2 Å². The summed E-state index contributed by atoms with van der Waals surface area (Å²) in [4.78, 5) is 35.4. The molecule has 0 aliphatic carbocycles. The quantitative estimate of drug-likeness (QED) is 0.549. The number of carbonyl (C=O) groups is 3. The van der Waals surface area contributed by atoms with Crippen LogP contribution in [-0.2, 0) is 9.59 Å². The van der Waals surface area contributed by atoms with Crippen molar-refractivity contribution in [2.75, 3.05) is 6.54 Å². The average Bonchev–Trinajstić information content (AvgIpc) is 2.50. The average molecular weight is 254 g/mol. The molecule has 100 valence electrons. The maximum Gasteiger partial charge on any atom is 0.332 e. The number of amides is 3. The van der Waals surface area contributed by atoms with Gasteiger partial charge in [0.2, 0.25) is 0 Å². The molecule has 3 amide bonds. The number of aliphatic carboxylic acids is 1. The molecule has 1 aliphatic heterocycles. The second kappa shape index (κ2) is 5.20. The van der Waals surface area contributed by atoms with E-state index in [1.165, 1.54) is 0 Å². The van der Waals surface area contributed by atoms with Crippen LogP contribution < -0.4 is 5.32 Å². The van der Waals surface area contributed by atoms with E-state index in [1.54, 1.807) is 6.92 Å². The van der Waals surface area contributed by atoms with Crippen LogP contribution in [0.5, 0.6) is 0 Å². The van der Waals surface area contributed by atoms with Crippen molar-refractivity contribution in [2.45, 2.75) is 38.6 Å². The molecular weight excluding hydrogens is 236 g/mol. The number of carboxylic acids is 1. The fraction of sp³-hybridized carbons (Fsp3) is 0.583. The van der Waals surface area contributed by atoms with Crippen molar-refractivity contribution in [1.29, 1.82) is 0 Å². The van der Waals surface area contributed by atoms with Gasteiger partial charge in [-0.05, 0) is 13.3 Å². The van der Waals surface area contributed by atoms with Crippen molar-refractivity contribution in [3.05, 3.63) is 12.2 Å². The molecule has 1 saturated heterocycles. The number of carbonyl (C=O) groups excluding carboxylic acids is 2. The molecule has 1 rings (SSSR count). The molecule has 2 N–H and O–H groups in total. The Morgan fingerprint density at radius 3 is 2.61 bits per heavy atom. The molecule has 0 aromatic heterocycles. The molecule has 0 aromatic rings. The highest BCUT2D eigenvalue weighted by Gasteiger charge is 2.47. The van der Waals surface area contributed by atoms with Crippen molar-refractivity contribution in [3.63, 3.8) is 0 Å². The van der Waals surface area contributed by atoms with Gasteiger partial charge in [0.1, 0.15) is 5.54 Å². The van der Waals surface area contributed by atoms with E-state index in [4.69, 9.17) is 5.11 Å². The first-order valence-electron chi connectivity index (χ1n) is 5.87. The molecule has 0 bridgehead atoms. The van der Waals surface area contributed by atoms with E-state index < -0.39 is 17.5 Å². The SMILES string of the molecule is C=C(CN1C(=O)NC(C)(CCCC)C1=O)C(=O)O. The molecule has 6 heteroatoms.